The number of halogens is 1. The summed E-state index contributed by atoms with van der Waals surface area (Å²) in [6, 6.07) is 16.4. The SMILES string of the molecule is CCOc1ccc2c(c1)O/C(=C\c1ccc(OC(=O)c3ccc(Cl)cc3)c(OC)c1)C2=O. The second-order valence-electron chi connectivity index (χ2n) is 6.84. The molecule has 1 heterocycles. The number of Topliss-reactive ketones (excluding diaryl/α,β-unsaturated/α-hetero) is 1. The van der Waals surface area contributed by atoms with Gasteiger partial charge in [-0.3, -0.25) is 4.79 Å². The highest BCUT2D eigenvalue weighted by Crippen LogP contribution is 2.36. The molecule has 4 rings (SSSR count). The lowest BCUT2D eigenvalue weighted by Gasteiger charge is -2.10. The molecule has 0 N–H and O–H groups in total. The monoisotopic (exact) mass is 450 g/mol. The fraction of sp³-hybridized carbons (Fsp3) is 0.120. The summed E-state index contributed by atoms with van der Waals surface area (Å²) in [4.78, 5) is 25.1. The number of esters is 1. The minimum Gasteiger partial charge on any atom is -0.494 e. The lowest BCUT2D eigenvalue weighted by atomic mass is 10.1. The Labute approximate surface area is 189 Å². The second kappa shape index (κ2) is 9.16. The van der Waals surface area contributed by atoms with Crippen molar-refractivity contribution in [3.05, 3.63) is 88.1 Å². The van der Waals surface area contributed by atoms with Crippen LogP contribution in [0.1, 0.15) is 33.2 Å². The molecule has 0 spiro atoms. The van der Waals surface area contributed by atoms with Gasteiger partial charge in [0.05, 0.1) is 24.8 Å². The molecule has 32 heavy (non-hydrogen) atoms. The highest BCUT2D eigenvalue weighted by atomic mass is 35.5. The van der Waals surface area contributed by atoms with Crippen molar-refractivity contribution in [1.29, 1.82) is 0 Å². The Bertz CT molecular complexity index is 1210. The number of hydrogen-bond donors (Lipinski definition) is 0. The van der Waals surface area contributed by atoms with Gasteiger partial charge in [0.15, 0.2) is 17.3 Å². The normalized spacial score (nSPS) is 13.5. The highest BCUT2D eigenvalue weighted by Gasteiger charge is 2.28. The van der Waals surface area contributed by atoms with Crippen molar-refractivity contribution in [2.24, 2.45) is 0 Å². The minimum absolute atomic E-state index is 0.182. The average Bonchev–Trinajstić information content (AvgIpc) is 3.10. The van der Waals surface area contributed by atoms with E-state index in [1.165, 1.54) is 7.11 Å². The first-order valence-corrected chi connectivity index (χ1v) is 10.2. The Morgan fingerprint density at radius 3 is 2.53 bits per heavy atom. The Kier molecular flexibility index (Phi) is 6.14. The number of hydrogen-bond acceptors (Lipinski definition) is 6. The summed E-state index contributed by atoms with van der Waals surface area (Å²) in [7, 11) is 1.47. The molecule has 0 aliphatic carbocycles. The summed E-state index contributed by atoms with van der Waals surface area (Å²) in [6.07, 6.45) is 1.61. The molecule has 3 aromatic rings. The van der Waals surface area contributed by atoms with Crippen molar-refractivity contribution in [1.82, 2.24) is 0 Å². The Morgan fingerprint density at radius 2 is 1.81 bits per heavy atom. The first-order chi connectivity index (χ1) is 15.5. The van der Waals surface area contributed by atoms with Gasteiger partial charge in [-0.2, -0.15) is 0 Å². The topological polar surface area (TPSA) is 71.1 Å². The molecule has 0 bridgehead atoms. The molecule has 0 atom stereocenters. The first-order valence-electron chi connectivity index (χ1n) is 9.85. The number of benzene rings is 3. The van der Waals surface area contributed by atoms with Crippen LogP contribution in [0.15, 0.2) is 66.4 Å². The van der Waals surface area contributed by atoms with E-state index in [1.54, 1.807) is 66.7 Å². The summed E-state index contributed by atoms with van der Waals surface area (Å²) < 4.78 is 22.0. The molecular weight excluding hydrogens is 432 g/mol. The molecule has 3 aromatic carbocycles. The van der Waals surface area contributed by atoms with Gasteiger partial charge in [-0.25, -0.2) is 4.79 Å². The number of ether oxygens (including phenoxy) is 4. The number of carbonyl (C=O) groups is 2. The maximum Gasteiger partial charge on any atom is 0.343 e. The van der Waals surface area contributed by atoms with E-state index in [2.05, 4.69) is 0 Å². The quantitative estimate of drug-likeness (QED) is 0.277. The fourth-order valence-corrected chi connectivity index (χ4v) is 3.30. The van der Waals surface area contributed by atoms with Crippen LogP contribution in [0.2, 0.25) is 5.02 Å². The molecular formula is C25H19ClO6. The summed E-state index contributed by atoms with van der Waals surface area (Å²) in [5.74, 6) is 1.09. The van der Waals surface area contributed by atoms with Crippen LogP contribution in [-0.4, -0.2) is 25.5 Å². The zero-order chi connectivity index (χ0) is 22.7. The lowest BCUT2D eigenvalue weighted by Crippen LogP contribution is -2.09. The number of ketones is 1. The molecule has 1 aliphatic heterocycles. The second-order valence-corrected chi connectivity index (χ2v) is 7.27. The van der Waals surface area contributed by atoms with Gasteiger partial charge in [0.2, 0.25) is 5.78 Å². The van der Waals surface area contributed by atoms with Crippen LogP contribution in [0, 0.1) is 0 Å². The van der Waals surface area contributed by atoms with E-state index in [0.29, 0.717) is 45.6 Å². The van der Waals surface area contributed by atoms with Crippen molar-refractivity contribution in [3.63, 3.8) is 0 Å². The first kappa shape index (κ1) is 21.5. The summed E-state index contributed by atoms with van der Waals surface area (Å²) in [5.41, 5.74) is 1.48. The molecule has 0 radical (unpaired) electrons. The maximum absolute atomic E-state index is 12.7. The van der Waals surface area contributed by atoms with Crippen molar-refractivity contribution < 1.29 is 28.5 Å². The predicted octanol–water partition coefficient (Wildman–Crippen LogP) is 5.58. The lowest BCUT2D eigenvalue weighted by molar-refractivity contribution is 0.0729. The van der Waals surface area contributed by atoms with Gasteiger partial charge in [-0.05, 0) is 67.1 Å². The van der Waals surface area contributed by atoms with Crippen molar-refractivity contribution in [2.45, 2.75) is 6.92 Å². The summed E-state index contributed by atoms with van der Waals surface area (Å²) >= 11 is 5.86. The van der Waals surface area contributed by atoms with Gasteiger partial charge in [-0.1, -0.05) is 17.7 Å². The molecule has 0 saturated carbocycles. The third kappa shape index (κ3) is 4.45. The largest absolute Gasteiger partial charge is 0.494 e. The van der Waals surface area contributed by atoms with Crippen LogP contribution in [-0.2, 0) is 0 Å². The molecule has 0 fully saturated rings. The van der Waals surface area contributed by atoms with Gasteiger partial charge in [0.1, 0.15) is 11.5 Å². The van der Waals surface area contributed by atoms with Gasteiger partial charge in [0.25, 0.3) is 0 Å². The summed E-state index contributed by atoms with van der Waals surface area (Å²) in [6.45, 7) is 2.40. The zero-order valence-corrected chi connectivity index (χ0v) is 18.1. The summed E-state index contributed by atoms with van der Waals surface area (Å²) in [5, 5.41) is 0.525. The van der Waals surface area contributed by atoms with Crippen molar-refractivity contribution in [2.75, 3.05) is 13.7 Å². The van der Waals surface area contributed by atoms with Crippen LogP contribution in [0.25, 0.3) is 6.08 Å². The van der Waals surface area contributed by atoms with E-state index in [9.17, 15) is 9.59 Å². The predicted molar refractivity (Wildman–Crippen MR) is 120 cm³/mol. The van der Waals surface area contributed by atoms with Gasteiger partial charge in [-0.15, -0.1) is 0 Å². The van der Waals surface area contributed by atoms with Crippen LogP contribution in [0.3, 0.4) is 0 Å². The minimum atomic E-state index is -0.541. The van der Waals surface area contributed by atoms with Crippen molar-refractivity contribution >= 4 is 29.4 Å². The standard InChI is InChI=1S/C25H19ClO6/c1-3-30-18-9-10-19-21(14-18)31-23(24(19)27)13-15-4-11-20(22(12-15)29-2)32-25(28)16-5-7-17(26)8-6-16/h4-14H,3H2,1-2H3/b23-13-. The van der Waals surface area contributed by atoms with E-state index in [0.717, 1.165) is 0 Å². The van der Waals surface area contributed by atoms with Crippen LogP contribution in [0.4, 0.5) is 0 Å². The van der Waals surface area contributed by atoms with Crippen LogP contribution in [0.5, 0.6) is 23.0 Å². The third-order valence-corrected chi connectivity index (χ3v) is 4.97. The molecule has 0 amide bonds. The molecule has 0 saturated heterocycles. The number of methoxy groups -OCH3 is 1. The van der Waals surface area contributed by atoms with E-state index in [4.69, 9.17) is 30.5 Å². The molecule has 1 aliphatic rings. The van der Waals surface area contributed by atoms with Gasteiger partial charge >= 0.3 is 5.97 Å². The molecule has 7 heteroatoms. The fourth-order valence-electron chi connectivity index (χ4n) is 3.18. The van der Waals surface area contributed by atoms with Crippen molar-refractivity contribution in [3.8, 4) is 23.0 Å². The molecule has 6 nitrogen and oxygen atoms in total. The molecule has 0 unspecified atom stereocenters. The van der Waals surface area contributed by atoms with Gasteiger partial charge < -0.3 is 18.9 Å². The average molecular weight is 451 g/mol. The van der Waals surface area contributed by atoms with E-state index in [1.807, 2.05) is 6.92 Å². The van der Waals surface area contributed by atoms with Crippen LogP contribution >= 0.6 is 11.6 Å². The van der Waals surface area contributed by atoms with E-state index in [-0.39, 0.29) is 17.3 Å². The molecule has 162 valence electrons. The Balaban J connectivity index is 1.55. The number of carbonyl (C=O) groups excluding carboxylic acids is 2. The Hall–Kier alpha value is -3.77. The maximum atomic E-state index is 12.7. The number of allylic oxidation sites excluding steroid dienone is 1. The number of fused-ring (bicyclic) bond motifs is 1. The van der Waals surface area contributed by atoms with Gasteiger partial charge in [0, 0.05) is 11.1 Å². The smallest absolute Gasteiger partial charge is 0.343 e. The Morgan fingerprint density at radius 1 is 1.03 bits per heavy atom. The number of rotatable bonds is 6. The molecule has 0 aromatic heterocycles. The third-order valence-electron chi connectivity index (χ3n) is 4.72. The van der Waals surface area contributed by atoms with E-state index < -0.39 is 5.97 Å². The van der Waals surface area contributed by atoms with E-state index >= 15 is 0 Å². The highest BCUT2D eigenvalue weighted by molar-refractivity contribution is 6.30. The zero-order valence-electron chi connectivity index (χ0n) is 17.4. The van der Waals surface area contributed by atoms with Crippen LogP contribution < -0.4 is 18.9 Å².